The van der Waals surface area contributed by atoms with Crippen molar-refractivity contribution in [3.8, 4) is 0 Å². The molecule has 4 rings (SSSR count). The first-order valence-corrected chi connectivity index (χ1v) is 16.8. The number of nitrogens with two attached hydrogens (primary N) is 2. The molecule has 0 amide bonds. The van der Waals surface area contributed by atoms with Gasteiger partial charge in [-0.25, -0.2) is 0 Å². The van der Waals surface area contributed by atoms with Crippen LogP contribution in [-0.4, -0.2) is 111 Å². The maximum Gasteiger partial charge on any atom is 0.292 e. The Kier molecular flexibility index (Phi) is 10.8. The summed E-state index contributed by atoms with van der Waals surface area (Å²) < 4.78 is 68.1. The Morgan fingerprint density at radius 2 is 1.31 bits per heavy atom. The number of hydrogen-bond donors (Lipinski definition) is 8. The average molecular weight is 707 g/mol. The van der Waals surface area contributed by atoms with E-state index in [1.807, 2.05) is 0 Å². The molecule has 1 aliphatic rings. The second kappa shape index (κ2) is 14.4. The number of aliphatic hydroxyl groups is 2. The van der Waals surface area contributed by atoms with Crippen LogP contribution in [0, 0.1) is 5.92 Å². The zero-order valence-corrected chi connectivity index (χ0v) is 27.2. The van der Waals surface area contributed by atoms with E-state index in [0.29, 0.717) is 17.3 Å². The molecule has 0 saturated carbocycles. The molecule has 0 fully saturated rings. The molecule has 0 saturated heterocycles. The Balaban J connectivity index is 1.61. The minimum atomic E-state index is -5.55. The lowest BCUT2D eigenvalue weighted by atomic mass is 9.96. The lowest BCUT2D eigenvalue weighted by molar-refractivity contribution is 0.303. The molecule has 0 aliphatic heterocycles. The lowest BCUT2D eigenvalue weighted by Gasteiger charge is -2.32. The molecule has 1 aromatic carbocycles. The number of hydrogen-bond acceptors (Lipinski definition) is 18. The standard InChI is InChI=1S/C26H34N12O8S2/c1-37(11-13-39)24-33-20(27)31-22(35-24)29-18-8-4-16(5-9-18)3-6-17-7-10-19(15-26(17,47(41,42)43)48(44,45)46)30-23-32-21(28)34-25(36-23)38(2)12-14-40/h3-10,15,17,39-40H,11-14H2,1-2H3,(H,41,42,43)(H,44,45,46)(H3,27,29,31,33,35)(H3,28,30,32,34,36). The van der Waals surface area contributed by atoms with Crippen molar-refractivity contribution in [2.45, 2.75) is 4.08 Å². The van der Waals surface area contributed by atoms with Crippen molar-refractivity contribution in [3.63, 3.8) is 0 Å². The highest BCUT2D eigenvalue weighted by atomic mass is 32.3. The van der Waals surface area contributed by atoms with Gasteiger partial charge in [-0.1, -0.05) is 30.4 Å². The first kappa shape index (κ1) is 35.8. The van der Waals surface area contributed by atoms with E-state index in [-0.39, 0.29) is 67.7 Å². The highest BCUT2D eigenvalue weighted by molar-refractivity contribution is 8.05. The molecule has 48 heavy (non-hydrogen) atoms. The number of anilines is 7. The average Bonchev–Trinajstić information content (AvgIpc) is 2.99. The van der Waals surface area contributed by atoms with Crippen LogP contribution in [-0.2, 0) is 20.2 Å². The second-order valence-corrected chi connectivity index (χ2v) is 13.8. The van der Waals surface area contributed by atoms with Crippen molar-refractivity contribution >= 4 is 67.7 Å². The predicted octanol–water partition coefficient (Wildman–Crippen LogP) is -0.511. The van der Waals surface area contributed by atoms with Gasteiger partial charge in [0.2, 0.25) is 35.7 Å². The van der Waals surface area contributed by atoms with Crippen molar-refractivity contribution in [2.24, 2.45) is 5.92 Å². The van der Waals surface area contributed by atoms with Gasteiger partial charge in [0.15, 0.2) is 0 Å². The number of benzene rings is 1. The summed E-state index contributed by atoms with van der Waals surface area (Å²) in [5.41, 5.74) is 12.3. The Labute approximate surface area is 275 Å². The van der Waals surface area contributed by atoms with Crippen molar-refractivity contribution < 1.29 is 36.2 Å². The van der Waals surface area contributed by atoms with Gasteiger partial charge < -0.3 is 42.1 Å². The van der Waals surface area contributed by atoms with Gasteiger partial charge in [0, 0.05) is 44.5 Å². The topological polar surface area (TPSA) is 309 Å². The maximum absolute atomic E-state index is 12.7. The summed E-state index contributed by atoms with van der Waals surface area (Å²) in [7, 11) is -7.85. The zero-order chi connectivity index (χ0) is 35.3. The van der Waals surface area contributed by atoms with Gasteiger partial charge in [-0.3, -0.25) is 9.11 Å². The van der Waals surface area contributed by atoms with E-state index < -0.39 is 30.2 Å². The van der Waals surface area contributed by atoms with Gasteiger partial charge in [-0.05, 0) is 29.8 Å². The third kappa shape index (κ3) is 8.10. The first-order valence-electron chi connectivity index (χ1n) is 13.9. The number of allylic oxidation sites excluding steroid dienone is 3. The summed E-state index contributed by atoms with van der Waals surface area (Å²) >= 11 is 0. The molecule has 0 radical (unpaired) electrons. The van der Waals surface area contributed by atoms with Crippen LogP contribution in [0.1, 0.15) is 5.56 Å². The number of nitrogens with zero attached hydrogens (tertiary/aromatic N) is 8. The Hall–Kier alpha value is -5.00. The van der Waals surface area contributed by atoms with Crippen LogP contribution in [0.2, 0.25) is 0 Å². The van der Waals surface area contributed by atoms with E-state index in [9.17, 15) is 31.0 Å². The smallest absolute Gasteiger partial charge is 0.292 e. The molecule has 0 spiro atoms. The van der Waals surface area contributed by atoms with Crippen LogP contribution in [0.4, 0.5) is 41.4 Å². The van der Waals surface area contributed by atoms with E-state index >= 15 is 0 Å². The summed E-state index contributed by atoms with van der Waals surface area (Å²) in [6.07, 6.45) is 5.67. The van der Waals surface area contributed by atoms with Crippen molar-refractivity contribution in [1.29, 1.82) is 0 Å². The molecule has 1 aliphatic carbocycles. The van der Waals surface area contributed by atoms with Crippen LogP contribution >= 0.6 is 0 Å². The molecular weight excluding hydrogens is 672 g/mol. The van der Waals surface area contributed by atoms with E-state index in [1.165, 1.54) is 23.1 Å². The molecule has 2 aromatic heterocycles. The number of aromatic nitrogens is 6. The predicted molar refractivity (Wildman–Crippen MR) is 178 cm³/mol. The van der Waals surface area contributed by atoms with Crippen LogP contribution < -0.4 is 31.9 Å². The molecular formula is C26H34N12O8S2. The quantitative estimate of drug-likeness (QED) is 0.0978. The molecule has 1 unspecified atom stereocenters. The van der Waals surface area contributed by atoms with Crippen molar-refractivity contribution in [3.05, 3.63) is 59.8 Å². The summed E-state index contributed by atoms with van der Waals surface area (Å²) in [5, 5.41) is 24.0. The third-order valence-corrected chi connectivity index (χ3v) is 10.5. The van der Waals surface area contributed by atoms with Crippen LogP contribution in [0.15, 0.2) is 54.3 Å². The Bertz CT molecular complexity index is 1910. The Morgan fingerprint density at radius 1 is 0.812 bits per heavy atom. The monoisotopic (exact) mass is 706 g/mol. The van der Waals surface area contributed by atoms with Gasteiger partial charge in [0.1, 0.15) is 0 Å². The molecule has 258 valence electrons. The molecule has 22 heteroatoms. The summed E-state index contributed by atoms with van der Waals surface area (Å²) in [6.45, 7) is 0.0687. The minimum Gasteiger partial charge on any atom is -0.395 e. The fourth-order valence-corrected chi connectivity index (χ4v) is 7.09. The van der Waals surface area contributed by atoms with Gasteiger partial charge in [0.25, 0.3) is 24.3 Å². The summed E-state index contributed by atoms with van der Waals surface area (Å²) in [6, 6.07) is 6.47. The molecule has 3 aromatic rings. The normalized spacial score (nSPS) is 16.0. The number of nitrogen functional groups attached to an aromatic ring is 2. The highest BCUT2D eigenvalue weighted by Crippen LogP contribution is 2.40. The van der Waals surface area contributed by atoms with Gasteiger partial charge in [-0.2, -0.15) is 46.7 Å². The third-order valence-electron chi connectivity index (χ3n) is 6.87. The van der Waals surface area contributed by atoms with E-state index in [0.717, 1.165) is 6.08 Å². The SMILES string of the molecule is CN(CCO)c1nc(N)nc(NC2=CC(S(=O)(=O)O)(S(=O)(=O)O)C(C=Cc3ccc(Nc4nc(N)nc(N(C)CCO)n4)cc3)C=C2)n1. The van der Waals surface area contributed by atoms with E-state index in [2.05, 4.69) is 40.5 Å². The number of nitrogens with one attached hydrogen (secondary N) is 2. The van der Waals surface area contributed by atoms with E-state index in [1.54, 1.807) is 43.3 Å². The van der Waals surface area contributed by atoms with Crippen LogP contribution in [0.5, 0.6) is 0 Å². The van der Waals surface area contributed by atoms with Crippen LogP contribution in [0.3, 0.4) is 0 Å². The summed E-state index contributed by atoms with van der Waals surface area (Å²) in [5.74, 6) is -1.69. The molecule has 10 N–H and O–H groups in total. The lowest BCUT2D eigenvalue weighted by Crippen LogP contribution is -2.50. The zero-order valence-electron chi connectivity index (χ0n) is 25.6. The molecule has 1 atom stereocenters. The molecule has 0 bridgehead atoms. The fraction of sp³-hybridized carbons (Fsp3) is 0.308. The molecule has 2 heterocycles. The second-order valence-electron chi connectivity index (χ2n) is 10.3. The number of aliphatic hydroxyl groups excluding tert-OH is 2. The van der Waals surface area contributed by atoms with Gasteiger partial charge >= 0.3 is 0 Å². The van der Waals surface area contributed by atoms with E-state index in [4.69, 9.17) is 16.6 Å². The largest absolute Gasteiger partial charge is 0.395 e. The fourth-order valence-electron chi connectivity index (χ4n) is 4.47. The number of rotatable bonds is 14. The van der Waals surface area contributed by atoms with Gasteiger partial charge in [-0.15, -0.1) is 0 Å². The minimum absolute atomic E-state index is 0.0464. The van der Waals surface area contributed by atoms with Crippen molar-refractivity contribution in [2.75, 3.05) is 72.3 Å². The molecule has 20 nitrogen and oxygen atoms in total. The summed E-state index contributed by atoms with van der Waals surface area (Å²) in [4.78, 5) is 27.4. The van der Waals surface area contributed by atoms with Crippen molar-refractivity contribution in [1.82, 2.24) is 29.9 Å². The van der Waals surface area contributed by atoms with Gasteiger partial charge in [0.05, 0.1) is 13.2 Å². The number of likely N-dealkylation sites (N-methyl/N-ethyl adjacent to an activating group) is 2. The Morgan fingerprint density at radius 3 is 1.79 bits per heavy atom. The first-order chi connectivity index (χ1) is 22.6. The van der Waals surface area contributed by atoms with Crippen LogP contribution in [0.25, 0.3) is 6.08 Å². The highest BCUT2D eigenvalue weighted by Gasteiger charge is 2.58. The maximum atomic E-state index is 12.7.